The molecule has 0 aliphatic rings. The van der Waals surface area contributed by atoms with E-state index in [9.17, 15) is 0 Å². The van der Waals surface area contributed by atoms with Crippen LogP contribution >= 0.6 is 59.4 Å². The molecule has 0 aliphatic heterocycles. The molecule has 3 aromatic carbocycles. The van der Waals surface area contributed by atoms with Crippen molar-refractivity contribution < 1.29 is 0 Å². The molecule has 4 rings (SSSR count). The predicted molar refractivity (Wildman–Crippen MR) is 124 cm³/mol. The average Bonchev–Trinajstić information content (AvgIpc) is 2.68. The van der Waals surface area contributed by atoms with Gasteiger partial charge in [-0.2, -0.15) is 0 Å². The average molecular weight is 581 g/mol. The molecule has 0 N–H and O–H groups in total. The smallest absolute Gasteiger partial charge is 0.164 e. The highest BCUT2D eigenvalue weighted by Crippen LogP contribution is 2.29. The van der Waals surface area contributed by atoms with E-state index in [0.29, 0.717) is 22.5 Å². The number of aromatic nitrogens is 3. The Morgan fingerprint density at radius 2 is 0.929 bits per heavy atom. The third-order valence-electron chi connectivity index (χ3n) is 3.96. The molecule has 0 saturated carbocycles. The van der Waals surface area contributed by atoms with Crippen LogP contribution in [0.2, 0.25) is 5.02 Å². The fourth-order valence-corrected chi connectivity index (χ4v) is 4.03. The van der Waals surface area contributed by atoms with Crippen LogP contribution in [0.25, 0.3) is 34.2 Å². The Morgan fingerprint density at radius 3 is 1.36 bits per heavy atom. The molecule has 0 radical (unpaired) electrons. The van der Waals surface area contributed by atoms with E-state index in [4.69, 9.17) is 26.6 Å². The summed E-state index contributed by atoms with van der Waals surface area (Å²) in [5.74, 6) is 1.77. The summed E-state index contributed by atoms with van der Waals surface area (Å²) in [6, 6.07) is 21.4. The molecule has 0 amide bonds. The minimum absolute atomic E-state index is 0.564. The minimum atomic E-state index is 0.564. The monoisotopic (exact) mass is 577 g/mol. The molecule has 0 bridgehead atoms. The van der Waals surface area contributed by atoms with Crippen molar-refractivity contribution in [1.82, 2.24) is 15.0 Å². The van der Waals surface area contributed by atoms with Gasteiger partial charge in [-0.3, -0.25) is 0 Å². The van der Waals surface area contributed by atoms with E-state index in [0.717, 1.165) is 30.1 Å². The highest BCUT2D eigenvalue weighted by atomic mass is 79.9. The van der Waals surface area contributed by atoms with Crippen LogP contribution in [-0.2, 0) is 0 Å². The van der Waals surface area contributed by atoms with Gasteiger partial charge in [0.05, 0.1) is 0 Å². The van der Waals surface area contributed by atoms with Crippen LogP contribution in [0.4, 0.5) is 0 Å². The first-order valence-electron chi connectivity index (χ1n) is 8.22. The van der Waals surface area contributed by atoms with Gasteiger partial charge in [0.1, 0.15) is 0 Å². The summed E-state index contributed by atoms with van der Waals surface area (Å²) < 4.78 is 2.86. The van der Waals surface area contributed by atoms with E-state index in [-0.39, 0.29) is 0 Å². The minimum Gasteiger partial charge on any atom is -0.208 e. The van der Waals surface area contributed by atoms with Gasteiger partial charge in [0.25, 0.3) is 0 Å². The first-order valence-corrected chi connectivity index (χ1v) is 11.0. The van der Waals surface area contributed by atoms with Gasteiger partial charge in [-0.15, -0.1) is 0 Å². The zero-order valence-corrected chi connectivity index (χ0v) is 19.7. The van der Waals surface area contributed by atoms with Crippen LogP contribution in [0, 0.1) is 0 Å². The van der Waals surface area contributed by atoms with E-state index in [1.807, 2.05) is 66.7 Å². The zero-order chi connectivity index (χ0) is 19.7. The highest BCUT2D eigenvalue weighted by molar-refractivity contribution is 9.11. The molecular formula is C21H11Br3ClN3. The predicted octanol–water partition coefficient (Wildman–Crippen LogP) is 7.81. The fraction of sp³-hybridized carbons (Fsp3) is 0. The summed E-state index contributed by atoms with van der Waals surface area (Å²) in [5, 5.41) is 0.611. The van der Waals surface area contributed by atoms with Gasteiger partial charge in [-0.1, -0.05) is 83.7 Å². The van der Waals surface area contributed by atoms with Gasteiger partial charge in [0.2, 0.25) is 0 Å². The lowest BCUT2D eigenvalue weighted by Crippen LogP contribution is -2.00. The Hall–Kier alpha value is -1.60. The number of hydrogen-bond donors (Lipinski definition) is 0. The van der Waals surface area contributed by atoms with Gasteiger partial charge < -0.3 is 0 Å². The van der Waals surface area contributed by atoms with Gasteiger partial charge in [-0.05, 0) is 42.5 Å². The van der Waals surface area contributed by atoms with Crippen LogP contribution < -0.4 is 0 Å². The first kappa shape index (κ1) is 19.7. The second kappa shape index (κ2) is 8.41. The summed E-state index contributed by atoms with van der Waals surface area (Å²) in [7, 11) is 0. The van der Waals surface area contributed by atoms with E-state index in [2.05, 4.69) is 47.8 Å². The Balaban J connectivity index is 1.92. The lowest BCUT2D eigenvalue weighted by Gasteiger charge is -2.09. The first-order chi connectivity index (χ1) is 13.5. The molecule has 7 heteroatoms. The van der Waals surface area contributed by atoms with Gasteiger partial charge in [0.15, 0.2) is 17.5 Å². The van der Waals surface area contributed by atoms with Crippen LogP contribution in [0.3, 0.4) is 0 Å². The van der Waals surface area contributed by atoms with E-state index >= 15 is 0 Å². The third-order valence-corrected chi connectivity index (χ3v) is 5.69. The van der Waals surface area contributed by atoms with Crippen molar-refractivity contribution in [3.63, 3.8) is 0 Å². The van der Waals surface area contributed by atoms with Crippen LogP contribution in [-0.4, -0.2) is 15.0 Å². The second-order valence-electron chi connectivity index (χ2n) is 5.98. The summed E-state index contributed by atoms with van der Waals surface area (Å²) in [6.45, 7) is 0. The molecule has 1 aromatic heterocycles. The van der Waals surface area contributed by atoms with Gasteiger partial charge in [0, 0.05) is 35.1 Å². The number of benzene rings is 3. The largest absolute Gasteiger partial charge is 0.208 e. The van der Waals surface area contributed by atoms with Crippen molar-refractivity contribution in [2.45, 2.75) is 0 Å². The molecule has 138 valence electrons. The molecule has 4 aromatic rings. The standard InChI is InChI=1S/C21H11Br3ClN3/c22-15-5-1-12(2-6-15)19-26-20(13-3-7-16(23)8-4-13)28-21(27-19)14-9-17(24)11-18(25)10-14/h1-11H. The zero-order valence-electron chi connectivity index (χ0n) is 14.2. The third kappa shape index (κ3) is 4.51. The molecule has 1 heterocycles. The van der Waals surface area contributed by atoms with Crippen molar-refractivity contribution in [3.05, 3.63) is 85.2 Å². The molecular weight excluding hydrogens is 569 g/mol. The van der Waals surface area contributed by atoms with Crippen molar-refractivity contribution in [2.75, 3.05) is 0 Å². The van der Waals surface area contributed by atoms with Crippen LogP contribution in [0.5, 0.6) is 0 Å². The SMILES string of the molecule is Clc1cc(Br)cc(-c2nc(-c3ccc(Br)cc3)nc(-c3ccc(Br)cc3)n2)c1. The summed E-state index contributed by atoms with van der Waals surface area (Å²) in [4.78, 5) is 14.1. The topological polar surface area (TPSA) is 38.7 Å². The summed E-state index contributed by atoms with van der Waals surface area (Å²) >= 11 is 16.7. The quantitative estimate of drug-likeness (QED) is 0.248. The molecule has 3 nitrogen and oxygen atoms in total. The van der Waals surface area contributed by atoms with Crippen molar-refractivity contribution >= 4 is 59.4 Å². The Morgan fingerprint density at radius 1 is 0.500 bits per heavy atom. The Labute approximate surface area is 192 Å². The Kier molecular flexibility index (Phi) is 5.92. The lowest BCUT2D eigenvalue weighted by atomic mass is 10.1. The molecule has 0 fully saturated rings. The second-order valence-corrected chi connectivity index (χ2v) is 9.16. The summed E-state index contributed by atoms with van der Waals surface area (Å²) in [6.07, 6.45) is 0. The lowest BCUT2D eigenvalue weighted by molar-refractivity contribution is 1.07. The fourth-order valence-electron chi connectivity index (χ4n) is 2.64. The normalized spacial score (nSPS) is 10.9. The molecule has 0 unspecified atom stereocenters. The van der Waals surface area contributed by atoms with E-state index in [1.54, 1.807) is 0 Å². The molecule has 0 saturated heterocycles. The molecule has 0 aliphatic carbocycles. The molecule has 0 atom stereocenters. The molecule has 0 spiro atoms. The van der Waals surface area contributed by atoms with E-state index < -0.39 is 0 Å². The van der Waals surface area contributed by atoms with Crippen LogP contribution in [0.15, 0.2) is 80.1 Å². The number of rotatable bonds is 3. The Bertz CT molecular complexity index is 1060. The maximum absolute atomic E-state index is 6.24. The van der Waals surface area contributed by atoms with Crippen molar-refractivity contribution in [3.8, 4) is 34.2 Å². The maximum atomic E-state index is 6.24. The number of halogens is 4. The molecule has 28 heavy (non-hydrogen) atoms. The maximum Gasteiger partial charge on any atom is 0.164 e. The van der Waals surface area contributed by atoms with Gasteiger partial charge >= 0.3 is 0 Å². The number of nitrogens with zero attached hydrogens (tertiary/aromatic N) is 3. The van der Waals surface area contributed by atoms with Crippen LogP contribution in [0.1, 0.15) is 0 Å². The van der Waals surface area contributed by atoms with Crippen molar-refractivity contribution in [1.29, 1.82) is 0 Å². The highest BCUT2D eigenvalue weighted by Gasteiger charge is 2.13. The number of hydrogen-bond acceptors (Lipinski definition) is 3. The van der Waals surface area contributed by atoms with Gasteiger partial charge in [-0.25, -0.2) is 15.0 Å². The van der Waals surface area contributed by atoms with Crippen molar-refractivity contribution in [2.24, 2.45) is 0 Å². The van der Waals surface area contributed by atoms with E-state index in [1.165, 1.54) is 0 Å². The summed E-state index contributed by atoms with van der Waals surface area (Å²) in [5.41, 5.74) is 2.64.